The summed E-state index contributed by atoms with van der Waals surface area (Å²) in [5.74, 6) is 0.742. The number of para-hydroxylation sites is 1. The number of aromatic amines is 1. The third-order valence-electron chi connectivity index (χ3n) is 5.64. The number of carbonyl (C=O) groups is 1. The molecule has 31 heavy (non-hydrogen) atoms. The lowest BCUT2D eigenvalue weighted by atomic mass is 10.1. The smallest absolute Gasteiger partial charge is 0.323 e. The van der Waals surface area contributed by atoms with E-state index in [1.165, 1.54) is 10.9 Å². The van der Waals surface area contributed by atoms with Crippen molar-refractivity contribution in [3.05, 3.63) is 77.1 Å². The molecule has 3 aromatic heterocycles. The highest BCUT2D eigenvalue weighted by molar-refractivity contribution is 7.08. The zero-order valence-electron chi connectivity index (χ0n) is 17.1. The van der Waals surface area contributed by atoms with Gasteiger partial charge in [0.1, 0.15) is 11.9 Å². The first-order valence-electron chi connectivity index (χ1n) is 10.4. The number of amidine groups is 1. The number of rotatable bonds is 8. The maximum atomic E-state index is 12.8. The Kier molecular flexibility index (Phi) is 5.54. The fourth-order valence-corrected chi connectivity index (χ4v) is 4.80. The Morgan fingerprint density at radius 3 is 2.97 bits per heavy atom. The lowest BCUT2D eigenvalue weighted by molar-refractivity contribution is 0.204. The summed E-state index contributed by atoms with van der Waals surface area (Å²) in [5, 5.41) is 8.40. The number of carbonyl (C=O) groups excluding carboxylic acids is 1. The van der Waals surface area contributed by atoms with Crippen LogP contribution >= 0.6 is 11.3 Å². The van der Waals surface area contributed by atoms with E-state index in [0.717, 1.165) is 36.3 Å². The second-order valence-corrected chi connectivity index (χ2v) is 8.39. The van der Waals surface area contributed by atoms with Gasteiger partial charge in [-0.25, -0.2) is 9.78 Å². The van der Waals surface area contributed by atoms with Gasteiger partial charge in [0.15, 0.2) is 0 Å². The molecule has 7 nitrogen and oxygen atoms in total. The maximum Gasteiger partial charge on any atom is 0.323 e. The number of hydrogen-bond donors (Lipinski definition) is 2. The number of thiophene rings is 1. The molecule has 1 saturated heterocycles. The Hall–Kier alpha value is -3.39. The van der Waals surface area contributed by atoms with E-state index >= 15 is 0 Å². The largest absolute Gasteiger partial charge is 0.361 e. The summed E-state index contributed by atoms with van der Waals surface area (Å²) in [6.45, 7) is 2.11. The summed E-state index contributed by atoms with van der Waals surface area (Å²) >= 11 is 1.64. The summed E-state index contributed by atoms with van der Waals surface area (Å²) < 4.78 is 2.03. The molecule has 1 unspecified atom stereocenters. The summed E-state index contributed by atoms with van der Waals surface area (Å²) in [5.41, 5.74) is 3.49. The molecule has 1 aliphatic heterocycles. The van der Waals surface area contributed by atoms with E-state index in [0.29, 0.717) is 13.1 Å². The van der Waals surface area contributed by atoms with Crippen molar-refractivity contribution in [2.75, 3.05) is 13.1 Å². The molecule has 0 radical (unpaired) electrons. The highest BCUT2D eigenvalue weighted by Crippen LogP contribution is 2.29. The summed E-state index contributed by atoms with van der Waals surface area (Å²) in [7, 11) is 0. The minimum absolute atomic E-state index is 0.0762. The fraction of sp³-hybridized carbons (Fsp3) is 0.261. The van der Waals surface area contributed by atoms with Crippen molar-refractivity contribution in [3.8, 4) is 0 Å². The molecular weight excluding hydrogens is 408 g/mol. The number of nitrogens with one attached hydrogen (secondary N) is 2. The van der Waals surface area contributed by atoms with Gasteiger partial charge < -0.3 is 14.5 Å². The molecule has 158 valence electrons. The van der Waals surface area contributed by atoms with E-state index < -0.39 is 0 Å². The van der Waals surface area contributed by atoms with Crippen LogP contribution in [0, 0.1) is 0 Å². The number of urea groups is 1. The van der Waals surface area contributed by atoms with Crippen molar-refractivity contribution in [3.63, 3.8) is 0 Å². The third kappa shape index (κ3) is 4.11. The highest BCUT2D eigenvalue weighted by atomic mass is 32.1. The molecule has 5 rings (SSSR count). The summed E-state index contributed by atoms with van der Waals surface area (Å²) in [4.78, 5) is 26.9. The van der Waals surface area contributed by atoms with Crippen molar-refractivity contribution < 1.29 is 4.79 Å². The second kappa shape index (κ2) is 8.77. The predicted octanol–water partition coefficient (Wildman–Crippen LogP) is 4.22. The average Bonchev–Trinajstić information content (AvgIpc) is 3.57. The average molecular weight is 433 g/mol. The van der Waals surface area contributed by atoms with E-state index in [-0.39, 0.29) is 12.1 Å². The molecule has 8 heteroatoms. The highest BCUT2D eigenvalue weighted by Gasteiger charge is 2.37. The van der Waals surface area contributed by atoms with E-state index in [2.05, 4.69) is 51.1 Å². The molecule has 1 fully saturated rings. The van der Waals surface area contributed by atoms with Gasteiger partial charge in [-0.15, -0.1) is 0 Å². The molecule has 1 aliphatic rings. The van der Waals surface area contributed by atoms with Crippen LogP contribution in [0.4, 0.5) is 4.79 Å². The molecule has 0 saturated carbocycles. The number of hydrogen-bond acceptors (Lipinski definition) is 4. The Balaban J connectivity index is 1.30. The summed E-state index contributed by atoms with van der Waals surface area (Å²) in [6.07, 6.45) is 9.25. The molecule has 1 atom stereocenters. The van der Waals surface area contributed by atoms with Crippen LogP contribution in [0.25, 0.3) is 10.9 Å². The summed E-state index contributed by atoms with van der Waals surface area (Å²) in [6, 6.07) is 10.1. The molecule has 0 bridgehead atoms. The normalized spacial score (nSPS) is 17.7. The van der Waals surface area contributed by atoms with Gasteiger partial charge in [0.05, 0.1) is 6.33 Å². The SMILES string of the molecule is O=C1NC(=NCCc2c[nH]c3ccccc23)C(c2ccsc2)N1CCCn1ccnc1. The molecule has 0 aliphatic carbocycles. The topological polar surface area (TPSA) is 78.3 Å². The molecule has 4 heterocycles. The Labute approximate surface area is 184 Å². The molecule has 0 spiro atoms. The van der Waals surface area contributed by atoms with Gasteiger partial charge in [0, 0.05) is 49.1 Å². The van der Waals surface area contributed by atoms with Crippen LogP contribution < -0.4 is 5.32 Å². The first-order valence-corrected chi connectivity index (χ1v) is 11.4. The van der Waals surface area contributed by atoms with Crippen LogP contribution in [0.15, 0.2) is 71.0 Å². The van der Waals surface area contributed by atoms with Gasteiger partial charge in [-0.2, -0.15) is 11.3 Å². The van der Waals surface area contributed by atoms with Crippen LogP contribution in [-0.4, -0.2) is 44.4 Å². The van der Waals surface area contributed by atoms with E-state index in [9.17, 15) is 4.79 Å². The number of aryl methyl sites for hydroxylation is 1. The predicted molar refractivity (Wildman–Crippen MR) is 123 cm³/mol. The number of imidazole rings is 1. The van der Waals surface area contributed by atoms with Gasteiger partial charge in [-0.3, -0.25) is 10.3 Å². The second-order valence-electron chi connectivity index (χ2n) is 7.61. The Morgan fingerprint density at radius 2 is 2.13 bits per heavy atom. The van der Waals surface area contributed by atoms with E-state index in [1.807, 2.05) is 27.1 Å². The van der Waals surface area contributed by atoms with E-state index in [1.54, 1.807) is 23.9 Å². The number of H-pyrrole nitrogens is 1. The number of fused-ring (bicyclic) bond motifs is 1. The maximum absolute atomic E-state index is 12.8. The molecule has 4 aromatic rings. The molecule has 2 amide bonds. The van der Waals surface area contributed by atoms with Gasteiger partial charge in [0.25, 0.3) is 0 Å². The van der Waals surface area contributed by atoms with Crippen LogP contribution in [0.3, 0.4) is 0 Å². The van der Waals surface area contributed by atoms with Crippen molar-refractivity contribution >= 4 is 34.1 Å². The van der Waals surface area contributed by atoms with Crippen LogP contribution in [-0.2, 0) is 13.0 Å². The van der Waals surface area contributed by atoms with Gasteiger partial charge in [-0.05, 0) is 46.9 Å². The number of aliphatic imine (C=N–C) groups is 1. The zero-order chi connectivity index (χ0) is 21.0. The first kappa shape index (κ1) is 19.6. The van der Waals surface area contributed by atoms with Crippen molar-refractivity contribution in [2.24, 2.45) is 4.99 Å². The monoisotopic (exact) mass is 432 g/mol. The minimum atomic E-state index is -0.149. The first-order chi connectivity index (χ1) is 15.3. The lowest BCUT2D eigenvalue weighted by Gasteiger charge is -2.22. The van der Waals surface area contributed by atoms with Crippen molar-refractivity contribution in [1.29, 1.82) is 0 Å². The number of aromatic nitrogens is 3. The van der Waals surface area contributed by atoms with Gasteiger partial charge >= 0.3 is 6.03 Å². The number of amides is 2. The van der Waals surface area contributed by atoms with Crippen LogP contribution in [0.1, 0.15) is 23.6 Å². The quantitative estimate of drug-likeness (QED) is 0.437. The lowest BCUT2D eigenvalue weighted by Crippen LogP contribution is -2.31. The number of benzene rings is 1. The van der Waals surface area contributed by atoms with Gasteiger partial charge in [0.2, 0.25) is 0 Å². The Bertz CT molecular complexity index is 1180. The van der Waals surface area contributed by atoms with Gasteiger partial charge in [-0.1, -0.05) is 18.2 Å². The fourth-order valence-electron chi connectivity index (χ4n) is 4.12. The van der Waals surface area contributed by atoms with Crippen molar-refractivity contribution in [2.45, 2.75) is 25.4 Å². The molecule has 2 N–H and O–H groups in total. The van der Waals surface area contributed by atoms with Crippen molar-refractivity contribution in [1.82, 2.24) is 24.8 Å². The third-order valence-corrected chi connectivity index (χ3v) is 6.34. The van der Waals surface area contributed by atoms with Crippen LogP contribution in [0.5, 0.6) is 0 Å². The minimum Gasteiger partial charge on any atom is -0.361 e. The Morgan fingerprint density at radius 1 is 1.19 bits per heavy atom. The standard InChI is InChI=1S/C23H24N6OS/c30-23-27-22(25-8-6-17-14-26-20-5-2-1-4-19(17)20)21(18-7-13-31-15-18)29(23)11-3-10-28-12-9-24-16-28/h1-2,4-5,7,9,12-16,21,26H,3,6,8,10-11H2,(H,25,27,30). The van der Waals surface area contributed by atoms with Crippen LogP contribution in [0.2, 0.25) is 0 Å². The zero-order valence-corrected chi connectivity index (χ0v) is 17.9. The molecular formula is C23H24N6OS. The van der Waals surface area contributed by atoms with E-state index in [4.69, 9.17) is 4.99 Å². The number of nitrogens with zero attached hydrogens (tertiary/aromatic N) is 4. The molecule has 1 aromatic carbocycles.